The van der Waals surface area contributed by atoms with Gasteiger partial charge in [-0.1, -0.05) is 26.0 Å². The molecular weight excluding hydrogens is 260 g/mol. The van der Waals surface area contributed by atoms with Gasteiger partial charge in [0.2, 0.25) is 0 Å². The molecule has 0 radical (unpaired) electrons. The van der Waals surface area contributed by atoms with Crippen molar-refractivity contribution in [1.29, 1.82) is 0 Å². The summed E-state index contributed by atoms with van der Waals surface area (Å²) in [6.07, 6.45) is -0.531. The Balaban J connectivity index is 2.51. The molecule has 104 valence electrons. The van der Waals surface area contributed by atoms with Crippen molar-refractivity contribution in [2.45, 2.75) is 27.7 Å². The van der Waals surface area contributed by atoms with Crippen molar-refractivity contribution in [3.8, 4) is 0 Å². The fourth-order valence-corrected chi connectivity index (χ4v) is 1.60. The van der Waals surface area contributed by atoms with Gasteiger partial charge in [0.15, 0.2) is 5.11 Å². The zero-order valence-electron chi connectivity index (χ0n) is 11.7. The Hall–Kier alpha value is -1.62. The number of alkyl carbamates (subject to hydrolysis) is 1. The highest BCUT2D eigenvalue weighted by Gasteiger charge is 2.08. The lowest BCUT2D eigenvalue weighted by molar-refractivity contribution is 0.138. The molecule has 0 aliphatic heterocycles. The highest BCUT2D eigenvalue weighted by Crippen LogP contribution is 2.17. The minimum atomic E-state index is -0.531. The van der Waals surface area contributed by atoms with Crippen LogP contribution in [0.1, 0.15) is 25.0 Å². The molecule has 0 spiro atoms. The van der Waals surface area contributed by atoms with E-state index in [2.05, 4.69) is 10.6 Å². The molecule has 0 unspecified atom stereocenters. The minimum absolute atomic E-state index is 0.238. The van der Waals surface area contributed by atoms with Crippen LogP contribution in [0.25, 0.3) is 0 Å². The molecule has 0 saturated carbocycles. The molecule has 1 aromatic rings. The summed E-state index contributed by atoms with van der Waals surface area (Å²) in [5, 5.41) is 5.72. The van der Waals surface area contributed by atoms with Gasteiger partial charge in [-0.15, -0.1) is 0 Å². The summed E-state index contributed by atoms with van der Waals surface area (Å²) in [6.45, 7) is 8.34. The van der Waals surface area contributed by atoms with Crippen LogP contribution < -0.4 is 10.6 Å². The van der Waals surface area contributed by atoms with E-state index in [0.29, 0.717) is 12.5 Å². The summed E-state index contributed by atoms with van der Waals surface area (Å²) in [6, 6.07) is 5.87. The van der Waals surface area contributed by atoms with Crippen molar-refractivity contribution in [2.24, 2.45) is 5.92 Å². The van der Waals surface area contributed by atoms with E-state index in [1.165, 1.54) is 0 Å². The van der Waals surface area contributed by atoms with Gasteiger partial charge in [-0.05, 0) is 49.2 Å². The first-order valence-corrected chi connectivity index (χ1v) is 6.62. The van der Waals surface area contributed by atoms with Gasteiger partial charge in [-0.2, -0.15) is 0 Å². The number of anilines is 1. The molecule has 0 bridgehead atoms. The van der Waals surface area contributed by atoms with Crippen LogP contribution in [0.15, 0.2) is 18.2 Å². The van der Waals surface area contributed by atoms with Crippen LogP contribution in [-0.2, 0) is 4.74 Å². The van der Waals surface area contributed by atoms with Crippen LogP contribution in [0.4, 0.5) is 10.5 Å². The van der Waals surface area contributed by atoms with Crippen molar-refractivity contribution in [2.75, 3.05) is 11.9 Å². The number of amides is 1. The van der Waals surface area contributed by atoms with Gasteiger partial charge in [0.1, 0.15) is 0 Å². The minimum Gasteiger partial charge on any atom is -0.449 e. The topological polar surface area (TPSA) is 50.4 Å². The highest BCUT2D eigenvalue weighted by molar-refractivity contribution is 7.80. The molecule has 0 aliphatic rings. The van der Waals surface area contributed by atoms with E-state index in [0.717, 1.165) is 16.8 Å². The molecule has 19 heavy (non-hydrogen) atoms. The van der Waals surface area contributed by atoms with Crippen molar-refractivity contribution in [3.63, 3.8) is 0 Å². The number of carbonyl (C=O) groups excluding carboxylic acids is 1. The molecule has 0 fully saturated rings. The van der Waals surface area contributed by atoms with Gasteiger partial charge < -0.3 is 10.1 Å². The van der Waals surface area contributed by atoms with Crippen LogP contribution >= 0.6 is 12.2 Å². The average Bonchev–Trinajstić information content (AvgIpc) is 2.32. The molecule has 0 atom stereocenters. The summed E-state index contributed by atoms with van der Waals surface area (Å²) in [5.74, 6) is 0.297. The number of nitrogens with one attached hydrogen (secondary N) is 2. The summed E-state index contributed by atoms with van der Waals surface area (Å²) >= 11 is 5.07. The molecule has 2 N–H and O–H groups in total. The van der Waals surface area contributed by atoms with E-state index in [1.807, 2.05) is 45.9 Å². The predicted molar refractivity (Wildman–Crippen MR) is 81.5 cm³/mol. The second-order valence-electron chi connectivity index (χ2n) is 4.82. The van der Waals surface area contributed by atoms with E-state index in [9.17, 15) is 4.79 Å². The summed E-state index contributed by atoms with van der Waals surface area (Å²) in [4.78, 5) is 11.4. The number of ether oxygens (including phenoxy) is 1. The predicted octanol–water partition coefficient (Wildman–Crippen LogP) is 3.38. The standard InChI is InChI=1S/C14H20N2O2S/c1-9(2)8-18-14(17)16-13(19)15-12-7-5-6-10(3)11(12)4/h5-7,9H,8H2,1-4H3,(H2,15,16,17,19). The Morgan fingerprint density at radius 3 is 2.68 bits per heavy atom. The fraction of sp³-hybridized carbons (Fsp3) is 0.429. The molecule has 0 heterocycles. The summed E-state index contributed by atoms with van der Waals surface area (Å²) in [7, 11) is 0. The molecule has 0 saturated heterocycles. The second kappa shape index (κ2) is 7.09. The Morgan fingerprint density at radius 2 is 2.05 bits per heavy atom. The van der Waals surface area contributed by atoms with Crippen LogP contribution in [0.3, 0.4) is 0 Å². The Labute approximate surface area is 119 Å². The van der Waals surface area contributed by atoms with Crippen LogP contribution in [-0.4, -0.2) is 17.8 Å². The number of thiocarbonyl (C=S) groups is 1. The summed E-state index contributed by atoms with van der Waals surface area (Å²) in [5.41, 5.74) is 3.14. The van der Waals surface area contributed by atoms with Crippen molar-refractivity contribution in [1.82, 2.24) is 5.32 Å². The maximum atomic E-state index is 11.4. The lowest BCUT2D eigenvalue weighted by atomic mass is 10.1. The van der Waals surface area contributed by atoms with Gasteiger partial charge in [-0.25, -0.2) is 4.79 Å². The first kappa shape index (κ1) is 15.4. The molecule has 1 amide bonds. The highest BCUT2D eigenvalue weighted by atomic mass is 32.1. The van der Waals surface area contributed by atoms with Crippen LogP contribution in [0, 0.1) is 19.8 Å². The van der Waals surface area contributed by atoms with Crippen molar-refractivity contribution < 1.29 is 9.53 Å². The number of hydrogen-bond donors (Lipinski definition) is 2. The zero-order chi connectivity index (χ0) is 14.4. The molecular formula is C14H20N2O2S. The van der Waals surface area contributed by atoms with E-state index in [1.54, 1.807) is 0 Å². The SMILES string of the molecule is Cc1cccc(NC(=S)NC(=O)OCC(C)C)c1C. The number of hydrogen-bond acceptors (Lipinski definition) is 3. The third-order valence-corrected chi connectivity index (χ3v) is 2.82. The molecule has 1 rings (SSSR count). The zero-order valence-corrected chi connectivity index (χ0v) is 12.6. The average molecular weight is 280 g/mol. The molecule has 1 aromatic carbocycles. The fourth-order valence-electron chi connectivity index (χ4n) is 1.41. The normalized spacial score (nSPS) is 10.2. The van der Waals surface area contributed by atoms with E-state index in [4.69, 9.17) is 17.0 Å². The maximum Gasteiger partial charge on any atom is 0.413 e. The lowest BCUT2D eigenvalue weighted by Crippen LogP contribution is -2.35. The van der Waals surface area contributed by atoms with Gasteiger partial charge in [0.25, 0.3) is 0 Å². The van der Waals surface area contributed by atoms with Crippen molar-refractivity contribution >= 4 is 29.1 Å². The Kier molecular flexibility index (Phi) is 5.76. The third-order valence-electron chi connectivity index (χ3n) is 2.62. The molecule has 5 heteroatoms. The monoisotopic (exact) mass is 280 g/mol. The number of aryl methyl sites for hydroxylation is 1. The molecule has 0 aliphatic carbocycles. The van der Waals surface area contributed by atoms with E-state index >= 15 is 0 Å². The number of benzene rings is 1. The van der Waals surface area contributed by atoms with E-state index < -0.39 is 6.09 Å². The Morgan fingerprint density at radius 1 is 1.37 bits per heavy atom. The maximum absolute atomic E-state index is 11.4. The summed E-state index contributed by atoms with van der Waals surface area (Å²) < 4.78 is 4.99. The quantitative estimate of drug-likeness (QED) is 0.833. The van der Waals surface area contributed by atoms with Gasteiger partial charge in [-0.3, -0.25) is 5.32 Å². The number of carbonyl (C=O) groups is 1. The van der Waals surface area contributed by atoms with Crippen LogP contribution in [0.5, 0.6) is 0 Å². The first-order valence-electron chi connectivity index (χ1n) is 6.21. The largest absolute Gasteiger partial charge is 0.449 e. The van der Waals surface area contributed by atoms with Crippen molar-refractivity contribution in [3.05, 3.63) is 29.3 Å². The second-order valence-corrected chi connectivity index (χ2v) is 5.23. The Bertz CT molecular complexity index is 473. The first-order chi connectivity index (χ1) is 8.90. The van der Waals surface area contributed by atoms with Gasteiger partial charge in [0, 0.05) is 5.69 Å². The number of rotatable bonds is 3. The third kappa shape index (κ3) is 5.26. The lowest BCUT2D eigenvalue weighted by Gasteiger charge is -2.13. The molecule has 0 aromatic heterocycles. The van der Waals surface area contributed by atoms with E-state index in [-0.39, 0.29) is 5.11 Å². The van der Waals surface area contributed by atoms with Crippen LogP contribution in [0.2, 0.25) is 0 Å². The molecule has 4 nitrogen and oxygen atoms in total. The smallest absolute Gasteiger partial charge is 0.413 e. The van der Waals surface area contributed by atoms with Gasteiger partial charge in [0.05, 0.1) is 6.61 Å². The van der Waals surface area contributed by atoms with Gasteiger partial charge >= 0.3 is 6.09 Å².